The van der Waals surface area contributed by atoms with Crippen molar-refractivity contribution in [2.24, 2.45) is 0 Å². The molecule has 0 unspecified atom stereocenters. The molecular formula is C21H27N5O4. The normalized spacial score (nSPS) is 12.2. The molecule has 0 saturated carbocycles. The number of carbonyl (C=O) groups is 2. The van der Waals surface area contributed by atoms with E-state index in [4.69, 9.17) is 15.2 Å². The fraction of sp³-hybridized carbons (Fsp3) is 0.429. The number of hydrogen-bond acceptors (Lipinski definition) is 7. The van der Waals surface area contributed by atoms with Crippen LogP contribution in [0.2, 0.25) is 0 Å². The molecule has 30 heavy (non-hydrogen) atoms. The van der Waals surface area contributed by atoms with Gasteiger partial charge in [-0.2, -0.15) is 0 Å². The Bertz CT molecular complexity index is 1120. The molecule has 1 aromatic carbocycles. The number of carbonyl (C=O) groups excluding carboxylic acids is 2. The topological polar surface area (TPSA) is 121 Å². The number of hydrogen-bond donors (Lipinski definition) is 2. The van der Waals surface area contributed by atoms with Crippen LogP contribution >= 0.6 is 0 Å². The van der Waals surface area contributed by atoms with Crippen molar-refractivity contribution >= 4 is 45.5 Å². The van der Waals surface area contributed by atoms with Gasteiger partial charge in [0, 0.05) is 11.1 Å². The maximum atomic E-state index is 12.5. The number of fused-ring (bicyclic) bond motifs is 3. The molecule has 0 atom stereocenters. The average molecular weight is 413 g/mol. The van der Waals surface area contributed by atoms with Crippen molar-refractivity contribution < 1.29 is 19.1 Å². The Labute approximate surface area is 174 Å². The summed E-state index contributed by atoms with van der Waals surface area (Å²) in [6, 6.07) is 5.27. The molecule has 0 aliphatic carbocycles. The summed E-state index contributed by atoms with van der Waals surface area (Å²) in [6.45, 7) is 10.7. The van der Waals surface area contributed by atoms with Crippen LogP contribution in [0.4, 0.5) is 16.3 Å². The van der Waals surface area contributed by atoms with E-state index in [1.807, 2.05) is 0 Å². The highest BCUT2D eigenvalue weighted by Crippen LogP contribution is 2.32. The zero-order valence-electron chi connectivity index (χ0n) is 18.1. The number of rotatable bonds is 3. The lowest BCUT2D eigenvalue weighted by Crippen LogP contribution is -2.27. The van der Waals surface area contributed by atoms with Gasteiger partial charge in [-0.15, -0.1) is 0 Å². The van der Waals surface area contributed by atoms with Gasteiger partial charge in [0.1, 0.15) is 35.5 Å². The fourth-order valence-corrected chi connectivity index (χ4v) is 3.10. The molecule has 3 N–H and O–H groups in total. The molecule has 9 heteroatoms. The van der Waals surface area contributed by atoms with Crippen molar-refractivity contribution in [3.8, 4) is 0 Å². The zero-order chi connectivity index (χ0) is 22.3. The number of ether oxygens (including phenoxy) is 2. The summed E-state index contributed by atoms with van der Waals surface area (Å²) >= 11 is 0. The Hall–Kier alpha value is -3.36. The van der Waals surface area contributed by atoms with Crippen LogP contribution in [0.1, 0.15) is 41.5 Å². The first-order chi connectivity index (χ1) is 13.8. The Morgan fingerprint density at radius 3 is 2.37 bits per heavy atom. The molecule has 0 aliphatic rings. The molecule has 3 rings (SSSR count). The van der Waals surface area contributed by atoms with Gasteiger partial charge in [-0.1, -0.05) is 0 Å². The molecule has 0 saturated heterocycles. The molecule has 3 aromatic rings. The minimum atomic E-state index is -0.621. The minimum Gasteiger partial charge on any atom is -0.459 e. The Kier molecular flexibility index (Phi) is 5.32. The Morgan fingerprint density at radius 1 is 1.07 bits per heavy atom. The van der Waals surface area contributed by atoms with Crippen molar-refractivity contribution in [1.29, 1.82) is 0 Å². The van der Waals surface area contributed by atoms with Gasteiger partial charge in [0.2, 0.25) is 0 Å². The molecule has 0 bridgehead atoms. The van der Waals surface area contributed by atoms with Crippen molar-refractivity contribution in [1.82, 2.24) is 14.5 Å². The molecule has 0 radical (unpaired) electrons. The third-order valence-corrected chi connectivity index (χ3v) is 4.02. The number of nitrogens with zero attached hydrogens (tertiary/aromatic N) is 3. The van der Waals surface area contributed by atoms with Gasteiger partial charge in [-0.25, -0.2) is 14.8 Å². The molecule has 0 aliphatic heterocycles. The quantitative estimate of drug-likeness (QED) is 0.625. The lowest BCUT2D eigenvalue weighted by atomic mass is 10.2. The number of amides is 1. The monoisotopic (exact) mass is 413 g/mol. The standard InChI is InChI=1S/C21H27N5O4/c1-20(2,3)29-15(27)10-26-14-9-12(25-19(28)30-21(4,5)6)7-8-13(14)16-17(22)23-11-24-18(16)26/h7-9,11H,10H2,1-6H3,(H,25,28)(H2,22,23,24). The largest absolute Gasteiger partial charge is 0.459 e. The summed E-state index contributed by atoms with van der Waals surface area (Å²) < 4.78 is 12.5. The van der Waals surface area contributed by atoms with Crippen molar-refractivity contribution in [3.05, 3.63) is 24.5 Å². The molecule has 160 valence electrons. The average Bonchev–Trinajstić information content (AvgIpc) is 2.86. The number of nitrogens with two attached hydrogens (primary N) is 1. The first kappa shape index (κ1) is 21.4. The summed E-state index contributed by atoms with van der Waals surface area (Å²) in [7, 11) is 0. The van der Waals surface area contributed by atoms with E-state index in [9.17, 15) is 9.59 Å². The molecule has 0 spiro atoms. The predicted molar refractivity (Wildman–Crippen MR) is 115 cm³/mol. The number of aromatic nitrogens is 3. The van der Waals surface area contributed by atoms with Crippen molar-refractivity contribution in [2.75, 3.05) is 11.1 Å². The summed E-state index contributed by atoms with van der Waals surface area (Å²) in [4.78, 5) is 33.1. The number of benzene rings is 1. The van der Waals surface area contributed by atoms with Gasteiger partial charge in [0.05, 0.1) is 10.9 Å². The molecule has 2 heterocycles. The van der Waals surface area contributed by atoms with Gasteiger partial charge >= 0.3 is 12.1 Å². The van der Waals surface area contributed by atoms with Gasteiger partial charge in [-0.05, 0) is 59.7 Å². The second-order valence-corrected chi connectivity index (χ2v) is 8.99. The lowest BCUT2D eigenvalue weighted by molar-refractivity contribution is -0.155. The number of anilines is 2. The van der Waals surface area contributed by atoms with Crippen LogP contribution in [-0.4, -0.2) is 37.8 Å². The van der Waals surface area contributed by atoms with E-state index in [1.165, 1.54) is 6.33 Å². The van der Waals surface area contributed by atoms with Gasteiger partial charge in [-0.3, -0.25) is 10.1 Å². The molecular weight excluding hydrogens is 386 g/mol. The number of nitrogen functional groups attached to an aromatic ring is 1. The van der Waals surface area contributed by atoms with Crippen LogP contribution in [0.5, 0.6) is 0 Å². The van der Waals surface area contributed by atoms with E-state index in [2.05, 4.69) is 15.3 Å². The summed E-state index contributed by atoms with van der Waals surface area (Å²) in [6.07, 6.45) is 0.776. The van der Waals surface area contributed by atoms with E-state index in [0.717, 1.165) is 5.39 Å². The van der Waals surface area contributed by atoms with E-state index in [0.29, 0.717) is 28.1 Å². The van der Waals surface area contributed by atoms with Crippen LogP contribution < -0.4 is 11.1 Å². The first-order valence-corrected chi connectivity index (χ1v) is 9.58. The van der Waals surface area contributed by atoms with E-state index in [1.54, 1.807) is 64.3 Å². The SMILES string of the molecule is CC(C)(C)OC(=O)Cn1c2cc(NC(=O)OC(C)(C)C)ccc2c2c(N)ncnc21. The van der Waals surface area contributed by atoms with Crippen LogP contribution in [0, 0.1) is 0 Å². The minimum absolute atomic E-state index is 0.0659. The molecule has 0 fully saturated rings. The summed E-state index contributed by atoms with van der Waals surface area (Å²) in [5.74, 6) is -0.107. The maximum Gasteiger partial charge on any atom is 0.412 e. The van der Waals surface area contributed by atoms with Crippen LogP contribution in [0.3, 0.4) is 0 Å². The second-order valence-electron chi connectivity index (χ2n) is 8.99. The highest BCUT2D eigenvalue weighted by Gasteiger charge is 2.22. The summed E-state index contributed by atoms with van der Waals surface area (Å²) in [5.41, 5.74) is 6.53. The molecule has 2 aromatic heterocycles. The van der Waals surface area contributed by atoms with Crippen LogP contribution in [0.25, 0.3) is 21.9 Å². The maximum absolute atomic E-state index is 12.5. The molecule has 9 nitrogen and oxygen atoms in total. The second kappa shape index (κ2) is 7.47. The Morgan fingerprint density at radius 2 is 1.73 bits per heavy atom. The lowest BCUT2D eigenvalue weighted by Gasteiger charge is -2.20. The fourth-order valence-electron chi connectivity index (χ4n) is 3.10. The first-order valence-electron chi connectivity index (χ1n) is 9.58. The van der Waals surface area contributed by atoms with Gasteiger partial charge < -0.3 is 19.8 Å². The molecule has 1 amide bonds. The van der Waals surface area contributed by atoms with Crippen LogP contribution in [0.15, 0.2) is 24.5 Å². The van der Waals surface area contributed by atoms with E-state index >= 15 is 0 Å². The van der Waals surface area contributed by atoms with Crippen molar-refractivity contribution in [2.45, 2.75) is 59.3 Å². The van der Waals surface area contributed by atoms with Crippen molar-refractivity contribution in [3.63, 3.8) is 0 Å². The van der Waals surface area contributed by atoms with E-state index < -0.39 is 23.3 Å². The number of nitrogens with one attached hydrogen (secondary N) is 1. The van der Waals surface area contributed by atoms with Gasteiger partial charge in [0.25, 0.3) is 0 Å². The van der Waals surface area contributed by atoms with E-state index in [-0.39, 0.29) is 6.54 Å². The number of esters is 1. The Balaban J connectivity index is 2.06. The zero-order valence-corrected chi connectivity index (χ0v) is 18.1. The summed E-state index contributed by atoms with van der Waals surface area (Å²) in [5, 5.41) is 4.11. The predicted octanol–water partition coefficient (Wildman–Crippen LogP) is 3.86. The van der Waals surface area contributed by atoms with Crippen LogP contribution in [-0.2, 0) is 20.8 Å². The third kappa shape index (κ3) is 4.79. The van der Waals surface area contributed by atoms with Gasteiger partial charge in [0.15, 0.2) is 0 Å². The highest BCUT2D eigenvalue weighted by atomic mass is 16.6. The smallest absolute Gasteiger partial charge is 0.412 e. The highest BCUT2D eigenvalue weighted by molar-refractivity contribution is 6.12. The third-order valence-electron chi connectivity index (χ3n) is 4.02.